The second kappa shape index (κ2) is 9.61. The van der Waals surface area contributed by atoms with Crippen LogP contribution >= 0.6 is 11.6 Å². The summed E-state index contributed by atoms with van der Waals surface area (Å²) >= 11 is 6.15. The Morgan fingerprint density at radius 2 is 2.15 bits per heavy atom. The zero-order valence-corrected chi connectivity index (χ0v) is 12.8. The summed E-state index contributed by atoms with van der Waals surface area (Å²) in [6, 6.07) is 5.41. The first kappa shape index (κ1) is 16.8. The number of carbonyl (C=O) groups excluding carboxylic acids is 1. The van der Waals surface area contributed by atoms with Crippen molar-refractivity contribution in [2.75, 3.05) is 19.8 Å². The number of benzene rings is 1. The molecule has 20 heavy (non-hydrogen) atoms. The zero-order valence-electron chi connectivity index (χ0n) is 12.1. The number of rotatable bonds is 9. The summed E-state index contributed by atoms with van der Waals surface area (Å²) in [7, 11) is 0. The molecule has 0 aromatic heterocycles. The molecule has 0 aliphatic carbocycles. The highest BCUT2D eigenvalue weighted by Crippen LogP contribution is 2.26. The topological polar surface area (TPSA) is 47.6 Å². The quantitative estimate of drug-likeness (QED) is 0.562. The van der Waals surface area contributed by atoms with Crippen LogP contribution in [0.3, 0.4) is 0 Å². The monoisotopic (exact) mass is 299 g/mol. The van der Waals surface area contributed by atoms with Gasteiger partial charge in [-0.25, -0.2) is 4.79 Å². The number of unbranched alkanes of at least 4 members (excludes halogenated alkanes) is 1. The van der Waals surface area contributed by atoms with Crippen LogP contribution in [0.25, 0.3) is 0 Å². The largest absolute Gasteiger partial charge is 0.482 e. The molecule has 1 N–H and O–H groups in total. The van der Waals surface area contributed by atoms with Gasteiger partial charge in [-0.2, -0.15) is 0 Å². The molecule has 1 aromatic rings. The highest BCUT2D eigenvalue weighted by atomic mass is 35.5. The molecule has 0 aliphatic rings. The van der Waals surface area contributed by atoms with Crippen LogP contribution in [0.5, 0.6) is 5.75 Å². The van der Waals surface area contributed by atoms with Gasteiger partial charge in [-0.1, -0.05) is 37.9 Å². The number of halogens is 1. The average molecular weight is 300 g/mol. The molecule has 0 heterocycles. The van der Waals surface area contributed by atoms with Crippen LogP contribution in [0.1, 0.15) is 32.3 Å². The summed E-state index contributed by atoms with van der Waals surface area (Å²) in [6.07, 6.45) is 1.86. The molecule has 0 saturated heterocycles. The molecular formula is C15H22ClNO3. The predicted molar refractivity (Wildman–Crippen MR) is 80.2 cm³/mol. The van der Waals surface area contributed by atoms with E-state index in [2.05, 4.69) is 5.32 Å². The van der Waals surface area contributed by atoms with E-state index in [1.165, 1.54) is 0 Å². The van der Waals surface area contributed by atoms with E-state index >= 15 is 0 Å². The Balaban J connectivity index is 2.54. The molecule has 0 spiro atoms. The van der Waals surface area contributed by atoms with Crippen LogP contribution in [0.4, 0.5) is 0 Å². The van der Waals surface area contributed by atoms with Crippen molar-refractivity contribution in [1.82, 2.24) is 5.32 Å². The molecule has 0 amide bonds. The lowest BCUT2D eigenvalue weighted by molar-refractivity contribution is -0.146. The number of esters is 1. The molecule has 0 bridgehead atoms. The van der Waals surface area contributed by atoms with Crippen molar-refractivity contribution in [3.8, 4) is 5.75 Å². The van der Waals surface area contributed by atoms with Crippen LogP contribution in [-0.4, -0.2) is 25.7 Å². The van der Waals surface area contributed by atoms with Crippen molar-refractivity contribution in [1.29, 1.82) is 0 Å². The van der Waals surface area contributed by atoms with E-state index < -0.39 is 0 Å². The smallest absolute Gasteiger partial charge is 0.344 e. The van der Waals surface area contributed by atoms with Gasteiger partial charge in [0.05, 0.1) is 6.61 Å². The molecule has 1 aromatic carbocycles. The summed E-state index contributed by atoms with van der Waals surface area (Å²) in [4.78, 5) is 11.5. The Morgan fingerprint density at radius 1 is 1.35 bits per heavy atom. The van der Waals surface area contributed by atoms with Crippen molar-refractivity contribution < 1.29 is 14.3 Å². The zero-order chi connectivity index (χ0) is 14.8. The van der Waals surface area contributed by atoms with E-state index in [4.69, 9.17) is 21.1 Å². The van der Waals surface area contributed by atoms with Gasteiger partial charge in [-0.15, -0.1) is 0 Å². The lowest BCUT2D eigenvalue weighted by Gasteiger charge is -2.13. The summed E-state index contributed by atoms with van der Waals surface area (Å²) in [5.41, 5.74) is 0.859. The van der Waals surface area contributed by atoms with Crippen LogP contribution < -0.4 is 10.1 Å². The number of hydrogen-bond acceptors (Lipinski definition) is 4. The third kappa shape index (κ3) is 5.80. The lowest BCUT2D eigenvalue weighted by Crippen LogP contribution is -2.18. The maximum atomic E-state index is 11.5. The van der Waals surface area contributed by atoms with Crippen molar-refractivity contribution >= 4 is 17.6 Å². The molecule has 0 fully saturated rings. The minimum atomic E-state index is -0.354. The SMILES string of the molecule is CCCCOC(=O)COc1cccc(Cl)c1CNCC. The van der Waals surface area contributed by atoms with Crippen LogP contribution in [0.15, 0.2) is 18.2 Å². The predicted octanol–water partition coefficient (Wildman–Crippen LogP) is 3.17. The van der Waals surface area contributed by atoms with Crippen molar-refractivity contribution in [3.63, 3.8) is 0 Å². The first-order valence-corrected chi connectivity index (χ1v) is 7.33. The van der Waals surface area contributed by atoms with E-state index in [-0.39, 0.29) is 12.6 Å². The van der Waals surface area contributed by atoms with Gasteiger partial charge in [0.15, 0.2) is 6.61 Å². The molecule has 112 valence electrons. The Kier molecular flexibility index (Phi) is 8.07. The molecule has 4 nitrogen and oxygen atoms in total. The van der Waals surface area contributed by atoms with Crippen LogP contribution in [0, 0.1) is 0 Å². The van der Waals surface area contributed by atoms with Gasteiger partial charge in [0, 0.05) is 17.1 Å². The number of nitrogens with one attached hydrogen (secondary N) is 1. The van der Waals surface area contributed by atoms with Gasteiger partial charge in [0.25, 0.3) is 0 Å². The molecule has 0 radical (unpaired) electrons. The maximum Gasteiger partial charge on any atom is 0.344 e. The summed E-state index contributed by atoms with van der Waals surface area (Å²) in [6.45, 7) is 5.85. The summed E-state index contributed by atoms with van der Waals surface area (Å²) in [5.74, 6) is 0.263. The molecule has 0 atom stereocenters. The molecule has 0 unspecified atom stereocenters. The second-order valence-corrected chi connectivity index (χ2v) is 4.77. The lowest BCUT2D eigenvalue weighted by atomic mass is 10.2. The minimum absolute atomic E-state index is 0.0941. The fourth-order valence-corrected chi connectivity index (χ4v) is 1.84. The molecule has 1 rings (SSSR count). The van der Waals surface area contributed by atoms with E-state index in [0.717, 1.165) is 24.9 Å². The van der Waals surface area contributed by atoms with Crippen LogP contribution in [-0.2, 0) is 16.1 Å². The van der Waals surface area contributed by atoms with Gasteiger partial charge >= 0.3 is 5.97 Å². The third-order valence-corrected chi connectivity index (χ3v) is 3.09. The molecule has 0 saturated carbocycles. The molecular weight excluding hydrogens is 278 g/mol. The van der Waals surface area contributed by atoms with Gasteiger partial charge < -0.3 is 14.8 Å². The fourth-order valence-electron chi connectivity index (χ4n) is 1.60. The Bertz CT molecular complexity index is 424. The van der Waals surface area contributed by atoms with Crippen molar-refractivity contribution in [2.45, 2.75) is 33.2 Å². The fraction of sp³-hybridized carbons (Fsp3) is 0.533. The highest BCUT2D eigenvalue weighted by Gasteiger charge is 2.10. The van der Waals surface area contributed by atoms with Gasteiger partial charge in [-0.05, 0) is 25.1 Å². The van der Waals surface area contributed by atoms with Gasteiger partial charge in [0.1, 0.15) is 5.75 Å². The third-order valence-electron chi connectivity index (χ3n) is 2.73. The second-order valence-electron chi connectivity index (χ2n) is 4.36. The van der Waals surface area contributed by atoms with E-state index in [0.29, 0.717) is 23.9 Å². The standard InChI is InChI=1S/C15H22ClNO3/c1-3-5-9-19-15(18)11-20-14-8-6-7-13(16)12(14)10-17-4-2/h6-8,17H,3-5,9-11H2,1-2H3. The van der Waals surface area contributed by atoms with Gasteiger partial charge in [-0.3, -0.25) is 0 Å². The van der Waals surface area contributed by atoms with Crippen LogP contribution in [0.2, 0.25) is 5.02 Å². The Morgan fingerprint density at radius 3 is 2.85 bits per heavy atom. The van der Waals surface area contributed by atoms with E-state index in [1.54, 1.807) is 18.2 Å². The Hall–Kier alpha value is -1.26. The first-order chi connectivity index (χ1) is 9.69. The molecule has 0 aliphatic heterocycles. The normalized spacial score (nSPS) is 10.3. The van der Waals surface area contributed by atoms with Crippen molar-refractivity contribution in [3.05, 3.63) is 28.8 Å². The number of carbonyl (C=O) groups is 1. The molecule has 5 heteroatoms. The summed E-state index contributed by atoms with van der Waals surface area (Å²) < 4.78 is 10.6. The minimum Gasteiger partial charge on any atom is -0.482 e. The Labute approximate surface area is 125 Å². The average Bonchev–Trinajstić information content (AvgIpc) is 2.44. The van der Waals surface area contributed by atoms with Gasteiger partial charge in [0.2, 0.25) is 0 Å². The number of hydrogen-bond donors (Lipinski definition) is 1. The van der Waals surface area contributed by atoms with Crippen molar-refractivity contribution in [2.24, 2.45) is 0 Å². The van der Waals surface area contributed by atoms with E-state index in [9.17, 15) is 4.79 Å². The maximum absolute atomic E-state index is 11.5. The highest BCUT2D eigenvalue weighted by molar-refractivity contribution is 6.31. The number of ether oxygens (including phenoxy) is 2. The van der Waals surface area contributed by atoms with E-state index in [1.807, 2.05) is 13.8 Å². The first-order valence-electron chi connectivity index (χ1n) is 6.95. The summed E-state index contributed by atoms with van der Waals surface area (Å²) in [5, 5.41) is 3.82.